The van der Waals surface area contributed by atoms with Crippen LogP contribution in [0.15, 0.2) is 526 Å². The molecule has 22 aromatic carbocycles. The fraction of sp³-hybridized carbons (Fsp3) is 0. The van der Waals surface area contributed by atoms with Crippen molar-refractivity contribution in [3.8, 4) is 51.2 Å². The van der Waals surface area contributed by atoms with Gasteiger partial charge in [0.2, 0.25) is 0 Å². The summed E-state index contributed by atoms with van der Waals surface area (Å²) in [6, 6.07) is -7.94. The molecule has 660 valence electrons. The normalized spacial score (nSPS) is 18.4. The molecule has 0 fully saturated rings. The zero-order valence-electron chi connectivity index (χ0n) is 138. The SMILES string of the molecule is [2H]c1c(-n2c3c([2H])c([2H])c([2H])c([2H])c3c3c([2H])c([2H])c([2H])c([2H])c32)c([2H])c(-n2c3c([2H])c([2H])c([2H])c([2H])c3c3c([2H])c([2H])c([2H])c([2H])c32)c([2H])c1-n1c2c([2H])c([2H])c([2H])c([2H])c2c2c([2H])c([2H])c([2H])c([2H])c21.[2H]c1c([2H])c([2H])c2c(c1[2H])c1c([2H])c([2H])c([2H])c([2H])c1n2-c1cccc(-n2c3c([2H])c([2H])c([2H])c([2H])c3c3c([2H])c([2H])c([2H])c([2H])c32)c1.[2H]c1cc([2H])c2c3c([2H])c([2H])c([2H])c([2H])c3n(-c3c([2H])c([2H])c([2H])c(-n4c5c([2H])c([2H])c([2H])c([2H])c5c5c([2H])c([2H])c([2H])c([2H])c54)c3[2H])c2c1[2H].[2H]c1ccc2c(c1)c1cc([2H])ccc1n2-c1cccc(-n2c3ccc([2H])cc3c3cc([2H])ccc32)c1. The maximum Gasteiger partial charge on any atom is 0.0667 e. The molecule has 0 radical (unpaired) electrons. The molecule has 0 N–H and O–H groups in total. The standard InChI is InChI=1S/C42H27N3.3C30H20N2/c1-7-19-37-31(13-1)32-14-2-8-20-38(32)43(37)28-25-29(44-39-21-9-3-15-33(39)34-16-4-10-22-40(34)44)27-30(26-28)45-41-23-11-5-17-35(41)36-18-6-12-24-42(36)45;3*1-5-16-27-23(12-1)24-13-2-6-17-28(24)31(27)21-10-9-11-22(20-21)32-29-18-7-3-14-25(29)26-15-4-8-19-30(26)32/h1-27H;3*1-20H/i1D,2D,3D,4D,5D,6D,7D,8D,9D,10D,11D,12D,13D,14D,15D,16D,17D,18D,19D,20D,21D,22D,23D,24D,25D,26D,27D;1D,2D,3D,5D,6D,7D,8D,9D,10D,11D,12D,13D,14D,15D,16D,17D,18D,19D,20D;1D,2D,3D,4D,5D,6D,7D,8D,12D,13D,14D,15D,16D,17D,18D,19D;1D,2D,3D,4D. The van der Waals surface area contributed by atoms with Gasteiger partial charge in [0.05, 0.1) is 207 Å². The van der Waals surface area contributed by atoms with Gasteiger partial charge in [-0.05, 0) is 182 Å². The first kappa shape index (κ1) is 38.7. The Morgan fingerprint density at radius 3 is 0.496 bits per heavy atom. The van der Waals surface area contributed by atoms with Crippen molar-refractivity contribution in [1.29, 1.82) is 0 Å². The van der Waals surface area contributed by atoms with Crippen LogP contribution in [0.5, 0.6) is 0 Å². The lowest BCUT2D eigenvalue weighted by molar-refractivity contribution is 1.10. The Balaban J connectivity index is 0.000000125. The summed E-state index contributed by atoms with van der Waals surface area (Å²) in [5, 5.41) is -1.27. The number of para-hydroxylation sites is 18. The van der Waals surface area contributed by atoms with E-state index in [1.54, 1.807) is 24.3 Å². The summed E-state index contributed by atoms with van der Waals surface area (Å²) in [4.78, 5) is 0. The minimum atomic E-state index is -1.13. The van der Waals surface area contributed by atoms with Crippen LogP contribution in [0.4, 0.5) is 0 Å². The molecule has 0 aliphatic heterocycles. The van der Waals surface area contributed by atoms with Gasteiger partial charge in [-0.2, -0.15) is 0 Å². The summed E-state index contributed by atoms with van der Waals surface area (Å²) < 4.78 is 589. The molecule has 0 aliphatic carbocycles. The Labute approximate surface area is 903 Å². The van der Waals surface area contributed by atoms with E-state index in [9.17, 15) is 13.7 Å². The Hall–Kier alpha value is -19.0. The average Bonchev–Trinajstić information content (AvgIpc) is 1.62. The molecular formula is C132H87N9. The zero-order chi connectivity index (χ0) is 150. The van der Waals surface area contributed by atoms with Gasteiger partial charge in [0.25, 0.3) is 0 Å². The van der Waals surface area contributed by atoms with Crippen LogP contribution in [0.3, 0.4) is 0 Å². The van der Waals surface area contributed by atoms with Crippen molar-refractivity contribution in [2.24, 2.45) is 0 Å². The number of nitrogens with zero attached hydrogens (tertiary/aromatic N) is 9. The highest BCUT2D eigenvalue weighted by Crippen LogP contribution is 2.45. The highest BCUT2D eigenvalue weighted by atomic mass is 15.1. The second kappa shape index (κ2) is 33.0. The van der Waals surface area contributed by atoms with Crippen LogP contribution >= 0.6 is 0 Å². The number of hydrogen-bond donors (Lipinski definition) is 0. The third-order valence-electron chi connectivity index (χ3n) is 24.3. The fourth-order valence-electron chi connectivity index (χ4n) is 18.6. The molecule has 9 heterocycles. The van der Waals surface area contributed by atoms with Gasteiger partial charge in [0, 0.05) is 131 Å². The quantitative estimate of drug-likeness (QED) is 0.138. The third-order valence-corrected chi connectivity index (χ3v) is 24.3. The van der Waals surface area contributed by atoms with E-state index in [0.717, 1.165) is 70.2 Å². The van der Waals surface area contributed by atoms with Crippen LogP contribution < -0.4 is 0 Å². The van der Waals surface area contributed by atoms with E-state index in [0.29, 0.717) is 37.9 Å². The topological polar surface area (TPSA) is 44.4 Å². The van der Waals surface area contributed by atoms with Crippen LogP contribution in [-0.2, 0) is 0 Å². The van der Waals surface area contributed by atoms with E-state index >= 15 is 0 Å². The van der Waals surface area contributed by atoms with Crippen LogP contribution in [0, 0.1) is 0 Å². The first-order chi connectivity index (χ1) is 97.4. The summed E-state index contributed by atoms with van der Waals surface area (Å²) >= 11 is 0. The Bertz CT molecular complexity index is 13500. The lowest BCUT2D eigenvalue weighted by Gasteiger charge is -2.17. The fourth-order valence-corrected chi connectivity index (χ4v) is 18.6. The summed E-state index contributed by atoms with van der Waals surface area (Å²) in [5.74, 6) is 0. The lowest BCUT2D eigenvalue weighted by Crippen LogP contribution is -2.03. The second-order valence-electron chi connectivity index (χ2n) is 31.6. The maximum atomic E-state index is 10.2. The van der Waals surface area contributed by atoms with Crippen molar-refractivity contribution >= 4 is 196 Å². The number of rotatable bonds is 9. The van der Waals surface area contributed by atoms with Gasteiger partial charge in [-0.3, -0.25) is 0 Å². The van der Waals surface area contributed by atoms with Crippen molar-refractivity contribution in [3.05, 3.63) is 526 Å². The van der Waals surface area contributed by atoms with Crippen molar-refractivity contribution in [3.63, 3.8) is 0 Å². The molecular weight excluding hydrogens is 1710 g/mol. The maximum absolute atomic E-state index is 10.2. The van der Waals surface area contributed by atoms with E-state index in [1.807, 2.05) is 54.6 Å². The van der Waals surface area contributed by atoms with Gasteiger partial charge >= 0.3 is 0 Å². The largest absolute Gasteiger partial charge is 0.309 e. The van der Waals surface area contributed by atoms with Crippen molar-refractivity contribution in [2.45, 2.75) is 0 Å². The van der Waals surface area contributed by atoms with E-state index in [4.69, 9.17) is 76.8 Å². The Morgan fingerprint density at radius 2 is 0.277 bits per heavy atom. The second-order valence-corrected chi connectivity index (χ2v) is 31.6. The molecule has 9 nitrogen and oxygen atoms in total. The third kappa shape index (κ3) is 12.9. The van der Waals surface area contributed by atoms with Crippen molar-refractivity contribution in [2.75, 3.05) is 0 Å². The van der Waals surface area contributed by atoms with Crippen molar-refractivity contribution in [1.82, 2.24) is 41.1 Å². The molecule has 0 atom stereocenters. The first-order valence-corrected chi connectivity index (χ1v) is 43.0. The monoisotopic (exact) mass is 1860 g/mol. The molecule has 0 aliphatic rings. The van der Waals surface area contributed by atoms with Crippen LogP contribution in [0.2, 0.25) is 0 Å². The number of hydrogen-bond acceptors (Lipinski definition) is 0. The van der Waals surface area contributed by atoms with Crippen LogP contribution in [0.1, 0.15) is 90.5 Å². The molecule has 31 rings (SSSR count). The van der Waals surface area contributed by atoms with Gasteiger partial charge in [-0.1, -0.05) is 345 Å². The molecule has 0 spiro atoms. The summed E-state index contributed by atoms with van der Waals surface area (Å²) in [5.41, 5.74) is -4.41. The van der Waals surface area contributed by atoms with E-state index in [2.05, 4.69) is 27.3 Å². The Morgan fingerprint density at radius 1 is 0.106 bits per heavy atom. The Kier molecular flexibility index (Phi) is 9.04. The molecule has 0 saturated heterocycles. The van der Waals surface area contributed by atoms with E-state index in [1.165, 1.54) is 33.4 Å². The number of aromatic nitrogens is 9. The van der Waals surface area contributed by atoms with Crippen LogP contribution in [0.25, 0.3) is 247 Å². The highest BCUT2D eigenvalue weighted by Gasteiger charge is 2.24. The summed E-state index contributed by atoms with van der Waals surface area (Å²) in [7, 11) is 0. The van der Waals surface area contributed by atoms with Gasteiger partial charge in [0.15, 0.2) is 0 Å². The van der Waals surface area contributed by atoms with Gasteiger partial charge in [-0.15, -0.1) is 0 Å². The van der Waals surface area contributed by atoms with Gasteiger partial charge in [-0.25, -0.2) is 0 Å². The molecule has 0 amide bonds. The first-order valence-electron chi connectivity index (χ1n) is 76.0. The van der Waals surface area contributed by atoms with Crippen LogP contribution in [-0.4, -0.2) is 41.1 Å². The predicted octanol–water partition coefficient (Wildman–Crippen LogP) is 34.6. The highest BCUT2D eigenvalue weighted by molar-refractivity contribution is 6.17. The van der Waals surface area contributed by atoms with Gasteiger partial charge < -0.3 is 41.1 Å². The number of fused-ring (bicyclic) bond motifs is 27. The molecule has 9 aromatic heterocycles. The molecule has 9 heteroatoms. The summed E-state index contributed by atoms with van der Waals surface area (Å²) in [6.45, 7) is 0. The minimum absolute atomic E-state index is 0.131. The molecule has 0 unspecified atom stereocenters. The molecule has 31 aromatic rings. The molecule has 141 heavy (non-hydrogen) atoms. The lowest BCUT2D eigenvalue weighted by atomic mass is 10.2. The summed E-state index contributed by atoms with van der Waals surface area (Å²) in [6.07, 6.45) is 0. The van der Waals surface area contributed by atoms with E-state index in [-0.39, 0.29) is 82.0 Å². The zero-order valence-corrected chi connectivity index (χ0v) is 71.6. The minimum Gasteiger partial charge on any atom is -0.309 e. The van der Waals surface area contributed by atoms with Crippen molar-refractivity contribution < 1.29 is 90.5 Å². The molecule has 0 bridgehead atoms. The van der Waals surface area contributed by atoms with Gasteiger partial charge in [0.1, 0.15) is 0 Å². The predicted molar refractivity (Wildman–Crippen MR) is 595 cm³/mol. The smallest absolute Gasteiger partial charge is 0.0667 e. The number of benzene rings is 22. The average molecular weight is 1870 g/mol. The van der Waals surface area contributed by atoms with E-state index < -0.39 is 485 Å². The molecule has 0 saturated carbocycles.